The second-order valence-corrected chi connectivity index (χ2v) is 4.29. The molecule has 0 aromatic heterocycles. The number of nitrogens with one attached hydrogen (secondary N) is 1. The molecule has 0 spiro atoms. The number of benzene rings is 1. The fraction of sp³-hybridized carbons (Fsp3) is 0.500. The molecule has 3 heteroatoms. The Hall–Kier alpha value is -0.930. The molecule has 2 nitrogen and oxygen atoms in total. The monoisotopic (exact) mass is 211 g/mol. The van der Waals surface area contributed by atoms with Gasteiger partial charge in [0, 0.05) is 18.5 Å². The van der Waals surface area contributed by atoms with E-state index in [4.69, 9.17) is 5.11 Å². The Labute approximate surface area is 90.1 Å². The van der Waals surface area contributed by atoms with Crippen molar-refractivity contribution in [3.05, 3.63) is 35.6 Å². The van der Waals surface area contributed by atoms with E-state index in [1.54, 1.807) is 12.1 Å². The highest BCUT2D eigenvalue weighted by molar-refractivity contribution is 5.24. The molecule has 1 aromatic rings. The van der Waals surface area contributed by atoms with Gasteiger partial charge in [-0.15, -0.1) is 0 Å². The highest BCUT2D eigenvalue weighted by Gasteiger charge is 2.19. The standard InChI is InChI=1S/C12H18FNO/c1-12(2,9-14-7-8-15)10-3-5-11(13)6-4-10/h3-6,14-15H,7-9H2,1-2H3. The van der Waals surface area contributed by atoms with Gasteiger partial charge >= 0.3 is 0 Å². The molecule has 1 rings (SSSR count). The summed E-state index contributed by atoms with van der Waals surface area (Å²) in [7, 11) is 0. The van der Waals surface area contributed by atoms with Gasteiger partial charge in [0.15, 0.2) is 0 Å². The largest absolute Gasteiger partial charge is 0.395 e. The summed E-state index contributed by atoms with van der Waals surface area (Å²) in [6.45, 7) is 5.67. The summed E-state index contributed by atoms with van der Waals surface area (Å²) >= 11 is 0. The summed E-state index contributed by atoms with van der Waals surface area (Å²) in [6.07, 6.45) is 0. The Balaban J connectivity index is 2.63. The van der Waals surface area contributed by atoms with Crippen molar-refractivity contribution in [1.29, 1.82) is 0 Å². The number of hydrogen-bond donors (Lipinski definition) is 2. The van der Waals surface area contributed by atoms with E-state index in [0.717, 1.165) is 12.1 Å². The fourth-order valence-corrected chi connectivity index (χ4v) is 1.48. The van der Waals surface area contributed by atoms with Crippen LogP contribution in [0.15, 0.2) is 24.3 Å². The third-order valence-corrected chi connectivity index (χ3v) is 2.48. The molecule has 0 unspecified atom stereocenters. The maximum atomic E-state index is 12.7. The van der Waals surface area contributed by atoms with E-state index in [1.807, 2.05) is 0 Å². The predicted octanol–water partition coefficient (Wildman–Crippen LogP) is 1.69. The zero-order valence-electron chi connectivity index (χ0n) is 9.26. The smallest absolute Gasteiger partial charge is 0.123 e. The van der Waals surface area contributed by atoms with Gasteiger partial charge in [-0.1, -0.05) is 26.0 Å². The van der Waals surface area contributed by atoms with Crippen LogP contribution >= 0.6 is 0 Å². The van der Waals surface area contributed by atoms with Crippen LogP contribution in [-0.2, 0) is 5.41 Å². The first-order valence-corrected chi connectivity index (χ1v) is 5.14. The summed E-state index contributed by atoms with van der Waals surface area (Å²) in [5.41, 5.74) is 1.04. The SMILES string of the molecule is CC(C)(CNCCO)c1ccc(F)cc1. The van der Waals surface area contributed by atoms with Gasteiger partial charge in [0.25, 0.3) is 0 Å². The predicted molar refractivity (Wildman–Crippen MR) is 59.4 cm³/mol. The van der Waals surface area contributed by atoms with Crippen LogP contribution in [0.2, 0.25) is 0 Å². The van der Waals surface area contributed by atoms with E-state index in [-0.39, 0.29) is 17.8 Å². The van der Waals surface area contributed by atoms with Crippen LogP contribution in [0.3, 0.4) is 0 Å². The Morgan fingerprint density at radius 3 is 2.40 bits per heavy atom. The Bertz CT molecular complexity index is 295. The molecule has 0 fully saturated rings. The second kappa shape index (κ2) is 5.24. The molecule has 0 aliphatic heterocycles. The minimum absolute atomic E-state index is 0.0527. The van der Waals surface area contributed by atoms with Crippen LogP contribution in [0, 0.1) is 5.82 Å². The first-order valence-electron chi connectivity index (χ1n) is 5.14. The maximum absolute atomic E-state index is 12.7. The number of rotatable bonds is 5. The van der Waals surface area contributed by atoms with Crippen LogP contribution in [0.5, 0.6) is 0 Å². The van der Waals surface area contributed by atoms with Crippen LogP contribution in [-0.4, -0.2) is 24.8 Å². The molecule has 0 aliphatic rings. The van der Waals surface area contributed by atoms with E-state index in [9.17, 15) is 4.39 Å². The van der Waals surface area contributed by atoms with Crippen molar-refractivity contribution in [2.24, 2.45) is 0 Å². The molecule has 2 N–H and O–H groups in total. The molecule has 0 atom stereocenters. The molecular formula is C12H18FNO. The van der Waals surface area contributed by atoms with Gasteiger partial charge in [-0.3, -0.25) is 0 Å². The molecule has 0 bridgehead atoms. The van der Waals surface area contributed by atoms with E-state index >= 15 is 0 Å². The lowest BCUT2D eigenvalue weighted by Gasteiger charge is -2.25. The van der Waals surface area contributed by atoms with E-state index < -0.39 is 0 Å². The van der Waals surface area contributed by atoms with Gasteiger partial charge in [0.1, 0.15) is 5.82 Å². The van der Waals surface area contributed by atoms with Crippen molar-refractivity contribution < 1.29 is 9.50 Å². The summed E-state index contributed by atoms with van der Waals surface area (Å²) in [4.78, 5) is 0. The number of aliphatic hydroxyl groups excluding tert-OH is 1. The van der Waals surface area contributed by atoms with E-state index in [2.05, 4.69) is 19.2 Å². The summed E-state index contributed by atoms with van der Waals surface area (Å²) in [5.74, 6) is -0.210. The van der Waals surface area contributed by atoms with E-state index in [0.29, 0.717) is 6.54 Å². The highest BCUT2D eigenvalue weighted by atomic mass is 19.1. The van der Waals surface area contributed by atoms with Gasteiger partial charge < -0.3 is 10.4 Å². The Morgan fingerprint density at radius 1 is 1.27 bits per heavy atom. The van der Waals surface area contributed by atoms with Crippen molar-refractivity contribution in [2.45, 2.75) is 19.3 Å². The third-order valence-electron chi connectivity index (χ3n) is 2.48. The van der Waals surface area contributed by atoms with Gasteiger partial charge in [-0.25, -0.2) is 4.39 Å². The third kappa shape index (κ3) is 3.61. The van der Waals surface area contributed by atoms with Crippen molar-refractivity contribution >= 4 is 0 Å². The summed E-state index contributed by atoms with van der Waals surface area (Å²) in [5, 5.41) is 11.8. The first kappa shape index (κ1) is 12.1. The molecule has 0 radical (unpaired) electrons. The lowest BCUT2D eigenvalue weighted by atomic mass is 9.84. The van der Waals surface area contributed by atoms with Crippen LogP contribution in [0.25, 0.3) is 0 Å². The second-order valence-electron chi connectivity index (χ2n) is 4.29. The Morgan fingerprint density at radius 2 is 1.87 bits per heavy atom. The van der Waals surface area contributed by atoms with Crippen LogP contribution in [0.1, 0.15) is 19.4 Å². The average molecular weight is 211 g/mol. The molecule has 0 saturated carbocycles. The lowest BCUT2D eigenvalue weighted by Crippen LogP contribution is -2.34. The van der Waals surface area contributed by atoms with Crippen molar-refractivity contribution in [1.82, 2.24) is 5.32 Å². The molecule has 0 amide bonds. The van der Waals surface area contributed by atoms with Gasteiger partial charge in [-0.2, -0.15) is 0 Å². The molecule has 1 aromatic carbocycles. The lowest BCUT2D eigenvalue weighted by molar-refractivity contribution is 0.286. The first-order chi connectivity index (χ1) is 7.06. The zero-order chi connectivity index (χ0) is 11.3. The molecule has 0 aliphatic carbocycles. The quantitative estimate of drug-likeness (QED) is 0.726. The minimum atomic E-state index is -0.210. The van der Waals surface area contributed by atoms with Crippen molar-refractivity contribution in [2.75, 3.05) is 19.7 Å². The van der Waals surface area contributed by atoms with Crippen LogP contribution in [0.4, 0.5) is 4.39 Å². The summed E-state index contributed by atoms with van der Waals surface area (Å²) in [6, 6.07) is 6.55. The average Bonchev–Trinajstić information content (AvgIpc) is 2.18. The van der Waals surface area contributed by atoms with Crippen molar-refractivity contribution in [3.63, 3.8) is 0 Å². The highest BCUT2D eigenvalue weighted by Crippen LogP contribution is 2.22. The Kier molecular flexibility index (Phi) is 4.24. The number of hydrogen-bond acceptors (Lipinski definition) is 2. The molecule has 15 heavy (non-hydrogen) atoms. The zero-order valence-corrected chi connectivity index (χ0v) is 9.26. The van der Waals surface area contributed by atoms with Gasteiger partial charge in [-0.05, 0) is 17.7 Å². The van der Waals surface area contributed by atoms with Gasteiger partial charge in [0.2, 0.25) is 0 Å². The van der Waals surface area contributed by atoms with E-state index in [1.165, 1.54) is 12.1 Å². The normalized spacial score (nSPS) is 11.7. The summed E-state index contributed by atoms with van der Waals surface area (Å²) < 4.78 is 12.7. The minimum Gasteiger partial charge on any atom is -0.395 e. The van der Waals surface area contributed by atoms with Gasteiger partial charge in [0.05, 0.1) is 6.61 Å². The topological polar surface area (TPSA) is 32.3 Å². The number of aliphatic hydroxyl groups is 1. The number of halogens is 1. The van der Waals surface area contributed by atoms with Crippen LogP contribution < -0.4 is 5.32 Å². The molecule has 0 saturated heterocycles. The molecule has 84 valence electrons. The molecular weight excluding hydrogens is 193 g/mol. The maximum Gasteiger partial charge on any atom is 0.123 e. The fourth-order valence-electron chi connectivity index (χ4n) is 1.48. The molecule has 0 heterocycles. The van der Waals surface area contributed by atoms with Crippen molar-refractivity contribution in [3.8, 4) is 0 Å².